The molecular formula is C11H9N3O3. The first kappa shape index (κ1) is 11.0. The SMILES string of the molecule is Cc1ccn(C(=O)c2cccc([N+](=O)[O-])c2)n1. The van der Waals surface area contributed by atoms with Crippen LogP contribution in [-0.2, 0) is 0 Å². The van der Waals surface area contributed by atoms with E-state index in [-0.39, 0.29) is 17.2 Å². The van der Waals surface area contributed by atoms with Crippen LogP contribution in [0.2, 0.25) is 0 Å². The number of hydrogen-bond donors (Lipinski definition) is 0. The average molecular weight is 231 g/mol. The third-order valence-electron chi connectivity index (χ3n) is 2.23. The molecule has 0 unspecified atom stereocenters. The van der Waals surface area contributed by atoms with Gasteiger partial charge < -0.3 is 0 Å². The number of carbonyl (C=O) groups excluding carboxylic acids is 1. The number of rotatable bonds is 2. The molecule has 0 saturated heterocycles. The number of carbonyl (C=O) groups is 1. The molecule has 0 saturated carbocycles. The predicted octanol–water partition coefficient (Wildman–Crippen LogP) is 1.79. The number of nitrogens with zero attached hydrogens (tertiary/aromatic N) is 3. The standard InChI is InChI=1S/C11H9N3O3/c1-8-5-6-13(12-8)11(15)9-3-2-4-10(7-9)14(16)17/h2-7H,1H3. The summed E-state index contributed by atoms with van der Waals surface area (Å²) in [5.74, 6) is -0.387. The summed E-state index contributed by atoms with van der Waals surface area (Å²) in [6, 6.07) is 7.26. The molecule has 0 aliphatic carbocycles. The van der Waals surface area contributed by atoms with Crippen LogP contribution in [0.15, 0.2) is 36.5 Å². The zero-order valence-corrected chi connectivity index (χ0v) is 9.03. The fraction of sp³-hybridized carbons (Fsp3) is 0.0909. The van der Waals surface area contributed by atoms with Gasteiger partial charge in [0, 0.05) is 23.9 Å². The van der Waals surface area contributed by atoms with Crippen molar-refractivity contribution in [1.29, 1.82) is 0 Å². The lowest BCUT2D eigenvalue weighted by Crippen LogP contribution is -2.12. The van der Waals surface area contributed by atoms with Gasteiger partial charge in [-0.25, -0.2) is 4.68 Å². The summed E-state index contributed by atoms with van der Waals surface area (Å²) in [4.78, 5) is 22.0. The summed E-state index contributed by atoms with van der Waals surface area (Å²) in [5, 5.41) is 14.5. The molecule has 0 spiro atoms. The van der Waals surface area contributed by atoms with Crippen LogP contribution in [0.25, 0.3) is 0 Å². The van der Waals surface area contributed by atoms with E-state index in [1.54, 1.807) is 13.0 Å². The third kappa shape index (κ3) is 2.20. The van der Waals surface area contributed by atoms with E-state index in [4.69, 9.17) is 0 Å². The Labute approximate surface area is 96.6 Å². The fourth-order valence-electron chi connectivity index (χ4n) is 1.41. The van der Waals surface area contributed by atoms with E-state index >= 15 is 0 Å². The number of non-ortho nitro benzene ring substituents is 1. The Morgan fingerprint density at radius 1 is 1.41 bits per heavy atom. The van der Waals surface area contributed by atoms with Crippen molar-refractivity contribution in [2.75, 3.05) is 0 Å². The number of nitro benzene ring substituents is 1. The lowest BCUT2D eigenvalue weighted by molar-refractivity contribution is -0.384. The van der Waals surface area contributed by atoms with E-state index < -0.39 is 4.92 Å². The molecule has 0 bridgehead atoms. The summed E-state index contributed by atoms with van der Waals surface area (Å²) >= 11 is 0. The lowest BCUT2D eigenvalue weighted by Gasteiger charge is -2.00. The van der Waals surface area contributed by atoms with Crippen molar-refractivity contribution >= 4 is 11.6 Å². The van der Waals surface area contributed by atoms with Gasteiger partial charge in [-0.3, -0.25) is 14.9 Å². The number of benzene rings is 1. The van der Waals surface area contributed by atoms with E-state index in [2.05, 4.69) is 5.10 Å². The van der Waals surface area contributed by atoms with E-state index in [1.807, 2.05) is 0 Å². The van der Waals surface area contributed by atoms with Gasteiger partial charge in [-0.2, -0.15) is 5.10 Å². The van der Waals surface area contributed by atoms with E-state index in [0.29, 0.717) is 5.69 Å². The minimum Gasteiger partial charge on any atom is -0.267 e. The molecule has 86 valence electrons. The Hall–Kier alpha value is -2.50. The minimum atomic E-state index is -0.537. The largest absolute Gasteiger partial charge is 0.278 e. The molecule has 2 rings (SSSR count). The maximum atomic E-state index is 11.9. The first-order chi connectivity index (χ1) is 8.08. The Balaban J connectivity index is 2.37. The number of nitro groups is 1. The van der Waals surface area contributed by atoms with Crippen LogP contribution in [0, 0.1) is 17.0 Å². The molecule has 6 nitrogen and oxygen atoms in total. The molecule has 6 heteroatoms. The maximum absolute atomic E-state index is 11.9. The van der Waals surface area contributed by atoms with Crippen molar-refractivity contribution in [3.8, 4) is 0 Å². The second kappa shape index (κ2) is 4.17. The van der Waals surface area contributed by atoms with Crippen molar-refractivity contribution in [2.45, 2.75) is 6.92 Å². The molecule has 1 aromatic heterocycles. The topological polar surface area (TPSA) is 78.0 Å². The van der Waals surface area contributed by atoms with E-state index in [9.17, 15) is 14.9 Å². The van der Waals surface area contributed by atoms with Gasteiger partial charge in [0.2, 0.25) is 0 Å². The quantitative estimate of drug-likeness (QED) is 0.583. The van der Waals surface area contributed by atoms with Gasteiger partial charge in [-0.05, 0) is 19.1 Å². The normalized spacial score (nSPS) is 10.2. The fourth-order valence-corrected chi connectivity index (χ4v) is 1.41. The van der Waals surface area contributed by atoms with Gasteiger partial charge in [-0.1, -0.05) is 6.07 Å². The van der Waals surface area contributed by atoms with Crippen LogP contribution in [0.5, 0.6) is 0 Å². The van der Waals surface area contributed by atoms with Gasteiger partial charge in [0.1, 0.15) is 0 Å². The molecule has 0 aliphatic rings. The summed E-state index contributed by atoms with van der Waals surface area (Å²) in [7, 11) is 0. The third-order valence-corrected chi connectivity index (χ3v) is 2.23. The molecule has 1 aromatic carbocycles. The first-order valence-corrected chi connectivity index (χ1v) is 4.89. The highest BCUT2D eigenvalue weighted by molar-refractivity contribution is 5.95. The highest BCUT2D eigenvalue weighted by Gasteiger charge is 2.13. The predicted molar refractivity (Wildman–Crippen MR) is 59.8 cm³/mol. The molecule has 0 atom stereocenters. The van der Waals surface area contributed by atoms with Crippen molar-refractivity contribution in [2.24, 2.45) is 0 Å². The van der Waals surface area contributed by atoms with Crippen LogP contribution in [0.4, 0.5) is 5.69 Å². The lowest BCUT2D eigenvalue weighted by atomic mass is 10.2. The molecular weight excluding hydrogens is 222 g/mol. The van der Waals surface area contributed by atoms with Gasteiger partial charge in [0.25, 0.3) is 11.6 Å². The molecule has 0 aliphatic heterocycles. The Kier molecular flexibility index (Phi) is 2.70. The second-order valence-corrected chi connectivity index (χ2v) is 3.51. The Morgan fingerprint density at radius 2 is 2.18 bits per heavy atom. The van der Waals surface area contributed by atoms with Gasteiger partial charge in [0.15, 0.2) is 0 Å². The molecule has 0 fully saturated rings. The highest BCUT2D eigenvalue weighted by Crippen LogP contribution is 2.14. The van der Waals surface area contributed by atoms with Crippen molar-refractivity contribution in [1.82, 2.24) is 9.78 Å². The zero-order valence-electron chi connectivity index (χ0n) is 9.03. The molecule has 1 heterocycles. The Morgan fingerprint density at radius 3 is 2.76 bits per heavy atom. The summed E-state index contributed by atoms with van der Waals surface area (Å²) in [6.07, 6.45) is 1.52. The van der Waals surface area contributed by atoms with Gasteiger partial charge >= 0.3 is 0 Å². The smallest absolute Gasteiger partial charge is 0.267 e. The van der Waals surface area contributed by atoms with Crippen LogP contribution < -0.4 is 0 Å². The highest BCUT2D eigenvalue weighted by atomic mass is 16.6. The minimum absolute atomic E-state index is 0.111. The van der Waals surface area contributed by atoms with E-state index in [0.717, 1.165) is 4.68 Å². The van der Waals surface area contributed by atoms with E-state index in [1.165, 1.54) is 30.5 Å². The monoisotopic (exact) mass is 231 g/mol. The zero-order chi connectivity index (χ0) is 12.4. The van der Waals surface area contributed by atoms with Crippen molar-refractivity contribution in [3.63, 3.8) is 0 Å². The first-order valence-electron chi connectivity index (χ1n) is 4.89. The van der Waals surface area contributed by atoms with Crippen LogP contribution in [0.1, 0.15) is 16.1 Å². The summed E-state index contributed by atoms with van der Waals surface area (Å²) < 4.78 is 1.16. The molecule has 0 amide bonds. The average Bonchev–Trinajstić information content (AvgIpc) is 2.75. The van der Waals surface area contributed by atoms with Crippen LogP contribution in [0.3, 0.4) is 0 Å². The van der Waals surface area contributed by atoms with Gasteiger partial charge in [-0.15, -0.1) is 0 Å². The molecule has 0 N–H and O–H groups in total. The maximum Gasteiger partial charge on any atom is 0.278 e. The Bertz CT molecular complexity index is 589. The summed E-state index contributed by atoms with van der Waals surface area (Å²) in [6.45, 7) is 1.76. The van der Waals surface area contributed by atoms with Gasteiger partial charge in [0.05, 0.1) is 10.6 Å². The van der Waals surface area contributed by atoms with Crippen molar-refractivity contribution in [3.05, 3.63) is 57.9 Å². The number of hydrogen-bond acceptors (Lipinski definition) is 4. The summed E-state index contributed by atoms with van der Waals surface area (Å²) in [5.41, 5.74) is 0.839. The molecule has 2 aromatic rings. The number of aromatic nitrogens is 2. The van der Waals surface area contributed by atoms with Crippen molar-refractivity contribution < 1.29 is 9.72 Å². The molecule has 0 radical (unpaired) electrons. The van der Waals surface area contributed by atoms with Crippen LogP contribution in [-0.4, -0.2) is 20.6 Å². The molecule has 17 heavy (non-hydrogen) atoms. The van der Waals surface area contributed by atoms with Crippen LogP contribution >= 0.6 is 0 Å². The number of aryl methyl sites for hydroxylation is 1. The second-order valence-electron chi connectivity index (χ2n) is 3.51.